The Morgan fingerprint density at radius 1 is 1.18 bits per heavy atom. The van der Waals surface area contributed by atoms with Crippen molar-refractivity contribution in [3.8, 4) is 10.6 Å². The summed E-state index contributed by atoms with van der Waals surface area (Å²) < 4.78 is 41.9. The number of anilines is 3. The standard InChI is InChI=1S/C26H25F3N6OS2/c27-26(28,29)18-11-32-25(34-22(18)20-9-21-23(38-20)24(36)30-5-6-37-21)33-19-4-3-15(8-17(19)13-1-2-13)35-12-14-7-16(35)10-31-14/h3-4,8-9,11,13-14,16,31H,1-2,5-7,10,12H2,(H,30,36)(H,32,33,34). The summed E-state index contributed by atoms with van der Waals surface area (Å²) in [6.45, 7) is 2.51. The number of piperazine rings is 1. The van der Waals surface area contributed by atoms with E-state index in [4.69, 9.17) is 0 Å². The monoisotopic (exact) mass is 558 g/mol. The van der Waals surface area contributed by atoms with Crippen molar-refractivity contribution in [1.29, 1.82) is 0 Å². The lowest BCUT2D eigenvalue weighted by atomic mass is 10.1. The fourth-order valence-electron chi connectivity index (χ4n) is 5.57. The third-order valence-corrected chi connectivity index (χ3v) is 9.87. The number of halogens is 3. The van der Waals surface area contributed by atoms with Crippen LogP contribution in [0.3, 0.4) is 0 Å². The van der Waals surface area contributed by atoms with Crippen molar-refractivity contribution in [2.24, 2.45) is 0 Å². The Morgan fingerprint density at radius 3 is 2.79 bits per heavy atom. The van der Waals surface area contributed by atoms with E-state index in [2.05, 4.69) is 43.0 Å². The number of alkyl halides is 3. The molecule has 198 valence electrons. The van der Waals surface area contributed by atoms with E-state index in [1.165, 1.54) is 17.4 Å². The lowest BCUT2D eigenvalue weighted by molar-refractivity contribution is -0.137. The molecule has 2 atom stereocenters. The van der Waals surface area contributed by atoms with Gasteiger partial charge in [0.1, 0.15) is 10.4 Å². The number of benzene rings is 1. The number of thiophene rings is 1. The molecule has 2 aromatic heterocycles. The average molecular weight is 559 g/mol. The fourth-order valence-corrected chi connectivity index (χ4v) is 7.77. The minimum Gasteiger partial charge on any atom is -0.366 e. The van der Waals surface area contributed by atoms with Crippen molar-refractivity contribution >= 4 is 46.3 Å². The highest BCUT2D eigenvalue weighted by Crippen LogP contribution is 2.47. The molecular weight excluding hydrogens is 533 g/mol. The zero-order chi connectivity index (χ0) is 26.0. The number of nitrogens with one attached hydrogen (secondary N) is 3. The summed E-state index contributed by atoms with van der Waals surface area (Å²) in [5, 5.41) is 9.53. The maximum Gasteiger partial charge on any atom is 0.420 e. The molecule has 4 aliphatic rings. The largest absolute Gasteiger partial charge is 0.420 e. The molecule has 0 radical (unpaired) electrons. The van der Waals surface area contributed by atoms with Crippen molar-refractivity contribution < 1.29 is 18.0 Å². The van der Waals surface area contributed by atoms with Gasteiger partial charge in [0.25, 0.3) is 5.91 Å². The van der Waals surface area contributed by atoms with E-state index in [0.29, 0.717) is 44.9 Å². The zero-order valence-corrected chi connectivity index (χ0v) is 21.9. The first-order valence-electron chi connectivity index (χ1n) is 12.7. The first-order valence-corrected chi connectivity index (χ1v) is 14.5. The van der Waals surface area contributed by atoms with E-state index in [1.54, 1.807) is 6.07 Å². The van der Waals surface area contributed by atoms with Gasteiger partial charge in [0.2, 0.25) is 5.95 Å². The second-order valence-corrected chi connectivity index (χ2v) is 12.4. The van der Waals surface area contributed by atoms with Gasteiger partial charge in [0, 0.05) is 59.9 Å². The Kier molecular flexibility index (Phi) is 5.82. The SMILES string of the molecule is O=C1NCCSc2cc(-c3nc(Nc4ccc(N5CC6CC5CN6)cc4C4CC4)ncc3C(F)(F)F)sc21. The third-order valence-electron chi connectivity index (χ3n) is 7.56. The average Bonchev–Trinajstić information content (AvgIpc) is 3.36. The van der Waals surface area contributed by atoms with E-state index >= 15 is 0 Å². The number of carbonyl (C=O) groups excluding carboxylic acids is 1. The second-order valence-electron chi connectivity index (χ2n) is 10.2. The van der Waals surface area contributed by atoms with Crippen molar-refractivity contribution in [3.63, 3.8) is 0 Å². The molecule has 3 N–H and O–H groups in total. The highest BCUT2D eigenvalue weighted by Gasteiger charge is 2.39. The molecule has 0 spiro atoms. The number of amides is 1. The molecule has 2 bridgehead atoms. The van der Waals surface area contributed by atoms with Gasteiger partial charge in [-0.15, -0.1) is 23.1 Å². The molecule has 5 heterocycles. The van der Waals surface area contributed by atoms with Gasteiger partial charge in [-0.3, -0.25) is 4.79 Å². The third kappa shape index (κ3) is 4.42. The number of thioether (sulfide) groups is 1. The van der Waals surface area contributed by atoms with Gasteiger partial charge >= 0.3 is 6.18 Å². The van der Waals surface area contributed by atoms with Crippen molar-refractivity contribution in [2.45, 2.75) is 48.3 Å². The minimum absolute atomic E-state index is 0.104. The molecule has 2 unspecified atom stereocenters. The van der Waals surface area contributed by atoms with Crippen LogP contribution in [0.15, 0.2) is 35.4 Å². The van der Waals surface area contributed by atoms with Gasteiger partial charge in [-0.1, -0.05) is 0 Å². The number of hydrogen-bond donors (Lipinski definition) is 3. The molecule has 12 heteroatoms. The summed E-state index contributed by atoms with van der Waals surface area (Å²) in [4.78, 5) is 24.7. The van der Waals surface area contributed by atoms with Crippen molar-refractivity contribution in [2.75, 3.05) is 35.6 Å². The quantitative estimate of drug-likeness (QED) is 0.396. The van der Waals surface area contributed by atoms with E-state index in [-0.39, 0.29) is 17.5 Å². The van der Waals surface area contributed by atoms with Crippen molar-refractivity contribution in [3.05, 3.63) is 46.5 Å². The molecule has 3 aliphatic heterocycles. The van der Waals surface area contributed by atoms with Crippen LogP contribution in [0.5, 0.6) is 0 Å². The molecule has 2 saturated heterocycles. The maximum absolute atomic E-state index is 14.0. The van der Waals surface area contributed by atoms with Gasteiger partial charge in [-0.25, -0.2) is 9.97 Å². The first kappa shape index (κ1) is 24.2. The van der Waals surface area contributed by atoms with E-state index in [9.17, 15) is 18.0 Å². The normalized spacial score (nSPS) is 22.8. The number of hydrogen-bond acceptors (Lipinski definition) is 8. The van der Waals surface area contributed by atoms with Gasteiger partial charge < -0.3 is 20.9 Å². The molecule has 1 aromatic carbocycles. The summed E-state index contributed by atoms with van der Waals surface area (Å²) in [7, 11) is 0. The predicted molar refractivity (Wildman–Crippen MR) is 143 cm³/mol. The molecule has 1 saturated carbocycles. The van der Waals surface area contributed by atoms with Crippen LogP contribution in [0.25, 0.3) is 10.6 Å². The number of fused-ring (bicyclic) bond motifs is 3. The number of carbonyl (C=O) groups is 1. The fraction of sp³-hybridized carbons (Fsp3) is 0.423. The summed E-state index contributed by atoms with van der Waals surface area (Å²) in [6, 6.07) is 8.98. The Hall–Kier alpha value is -2.83. The highest BCUT2D eigenvalue weighted by molar-refractivity contribution is 7.99. The molecule has 3 fully saturated rings. The predicted octanol–water partition coefficient (Wildman–Crippen LogP) is 5.23. The van der Waals surface area contributed by atoms with Crippen LogP contribution in [-0.4, -0.2) is 53.3 Å². The summed E-state index contributed by atoms with van der Waals surface area (Å²) in [6.07, 6.45) is -0.457. The highest BCUT2D eigenvalue weighted by atomic mass is 32.2. The molecule has 1 amide bonds. The Balaban J connectivity index is 1.23. The van der Waals surface area contributed by atoms with Crippen LogP contribution in [0.2, 0.25) is 0 Å². The molecular formula is C26H25F3N6OS2. The first-order chi connectivity index (χ1) is 18.3. The molecule has 7 nitrogen and oxygen atoms in total. The van der Waals surface area contributed by atoms with Crippen LogP contribution in [0.4, 0.5) is 30.5 Å². The topological polar surface area (TPSA) is 82.2 Å². The number of rotatable bonds is 5. The van der Waals surface area contributed by atoms with E-state index in [1.807, 2.05) is 6.07 Å². The van der Waals surface area contributed by atoms with Gasteiger partial charge in [-0.05, 0) is 55.0 Å². The maximum atomic E-state index is 14.0. The van der Waals surface area contributed by atoms with Crippen LogP contribution >= 0.6 is 23.1 Å². The Labute approximate surface area is 225 Å². The lowest BCUT2D eigenvalue weighted by Crippen LogP contribution is -2.43. The summed E-state index contributed by atoms with van der Waals surface area (Å²) >= 11 is 2.49. The minimum atomic E-state index is -4.63. The Morgan fingerprint density at radius 2 is 2.05 bits per heavy atom. The van der Waals surface area contributed by atoms with Crippen LogP contribution in [0.1, 0.15) is 46.0 Å². The van der Waals surface area contributed by atoms with Gasteiger partial charge in [0.15, 0.2) is 0 Å². The summed E-state index contributed by atoms with van der Waals surface area (Å²) in [5.41, 5.74) is 2.03. The van der Waals surface area contributed by atoms with Crippen LogP contribution in [-0.2, 0) is 6.18 Å². The molecule has 7 rings (SSSR count). The van der Waals surface area contributed by atoms with E-state index < -0.39 is 11.7 Å². The Bertz CT molecular complexity index is 1420. The molecule has 1 aliphatic carbocycles. The van der Waals surface area contributed by atoms with Crippen molar-refractivity contribution in [1.82, 2.24) is 20.6 Å². The zero-order valence-electron chi connectivity index (χ0n) is 20.3. The lowest BCUT2D eigenvalue weighted by Gasteiger charge is -2.30. The molecule has 38 heavy (non-hydrogen) atoms. The molecule has 3 aromatic rings. The summed E-state index contributed by atoms with van der Waals surface area (Å²) in [5.74, 6) is 0.923. The van der Waals surface area contributed by atoms with Crippen LogP contribution < -0.4 is 20.9 Å². The number of aromatic nitrogens is 2. The van der Waals surface area contributed by atoms with Gasteiger partial charge in [-0.2, -0.15) is 13.2 Å². The van der Waals surface area contributed by atoms with E-state index in [0.717, 1.165) is 61.1 Å². The smallest absolute Gasteiger partial charge is 0.366 e. The van der Waals surface area contributed by atoms with Crippen LogP contribution in [0, 0.1) is 0 Å². The number of nitrogens with zero attached hydrogens (tertiary/aromatic N) is 3. The van der Waals surface area contributed by atoms with Gasteiger partial charge in [0.05, 0.1) is 10.6 Å². The second kappa shape index (κ2) is 9.13.